The van der Waals surface area contributed by atoms with Gasteiger partial charge in [0.15, 0.2) is 11.2 Å². The van der Waals surface area contributed by atoms with Crippen LogP contribution in [0.1, 0.15) is 5.56 Å². The smallest absolute Gasteiger partial charge is 0.332 e. The standard InChI is InChI=1S/C18H21N5O3/c1-20-14-15(19-17(20)22-8-10-26-11-9-22)21(2)18(25)23(16(14)24)12-13-6-4-3-5-7-13/h3-7H,8-12H2,1-2H3. The lowest BCUT2D eigenvalue weighted by atomic mass is 10.2. The zero-order valence-corrected chi connectivity index (χ0v) is 14.9. The van der Waals surface area contributed by atoms with E-state index in [1.807, 2.05) is 37.4 Å². The molecule has 0 saturated carbocycles. The fraction of sp³-hybridized carbons (Fsp3) is 0.389. The summed E-state index contributed by atoms with van der Waals surface area (Å²) in [6.45, 7) is 2.91. The highest BCUT2D eigenvalue weighted by Gasteiger charge is 2.22. The molecule has 8 nitrogen and oxygen atoms in total. The number of anilines is 1. The van der Waals surface area contributed by atoms with Gasteiger partial charge < -0.3 is 14.2 Å². The van der Waals surface area contributed by atoms with Crippen molar-refractivity contribution in [2.24, 2.45) is 14.1 Å². The molecule has 1 fully saturated rings. The van der Waals surface area contributed by atoms with Gasteiger partial charge in [-0.15, -0.1) is 0 Å². The Kier molecular flexibility index (Phi) is 4.12. The van der Waals surface area contributed by atoms with Gasteiger partial charge in [-0.05, 0) is 5.56 Å². The Morgan fingerprint density at radius 2 is 1.73 bits per heavy atom. The number of ether oxygens (including phenoxy) is 1. The van der Waals surface area contributed by atoms with Gasteiger partial charge in [-0.1, -0.05) is 30.3 Å². The van der Waals surface area contributed by atoms with E-state index in [4.69, 9.17) is 4.74 Å². The van der Waals surface area contributed by atoms with E-state index < -0.39 is 0 Å². The van der Waals surface area contributed by atoms with Crippen molar-refractivity contribution in [3.8, 4) is 0 Å². The Balaban J connectivity index is 1.89. The number of benzene rings is 1. The minimum Gasteiger partial charge on any atom is -0.378 e. The number of hydrogen-bond donors (Lipinski definition) is 0. The van der Waals surface area contributed by atoms with Crippen molar-refractivity contribution in [2.45, 2.75) is 6.54 Å². The number of aryl methyl sites for hydroxylation is 2. The molecule has 0 N–H and O–H groups in total. The van der Waals surface area contributed by atoms with Crippen LogP contribution in [-0.4, -0.2) is 45.0 Å². The van der Waals surface area contributed by atoms with Gasteiger partial charge in [-0.2, -0.15) is 4.98 Å². The highest BCUT2D eigenvalue weighted by atomic mass is 16.5. The third kappa shape index (κ3) is 2.62. The molecule has 0 aliphatic carbocycles. The van der Waals surface area contributed by atoms with Gasteiger partial charge in [-0.3, -0.25) is 13.9 Å². The van der Waals surface area contributed by atoms with Gasteiger partial charge in [0.05, 0.1) is 19.8 Å². The average Bonchev–Trinajstić information content (AvgIpc) is 3.02. The number of fused-ring (bicyclic) bond motifs is 1. The molecule has 1 aliphatic heterocycles. The van der Waals surface area contributed by atoms with Crippen molar-refractivity contribution in [3.63, 3.8) is 0 Å². The molecule has 0 radical (unpaired) electrons. The molecule has 0 bridgehead atoms. The van der Waals surface area contributed by atoms with E-state index in [2.05, 4.69) is 9.88 Å². The van der Waals surface area contributed by atoms with Crippen molar-refractivity contribution in [3.05, 3.63) is 56.7 Å². The normalized spacial score (nSPS) is 14.9. The lowest BCUT2D eigenvalue weighted by Crippen LogP contribution is -2.40. The molecule has 0 atom stereocenters. The Hall–Kier alpha value is -2.87. The van der Waals surface area contributed by atoms with Crippen LogP contribution in [-0.2, 0) is 25.4 Å². The van der Waals surface area contributed by atoms with E-state index in [1.165, 1.54) is 9.13 Å². The lowest BCUT2D eigenvalue weighted by molar-refractivity contribution is 0.122. The number of rotatable bonds is 3. The summed E-state index contributed by atoms with van der Waals surface area (Å²) in [5, 5.41) is 0. The van der Waals surface area contributed by atoms with Crippen LogP contribution in [0.3, 0.4) is 0 Å². The fourth-order valence-corrected chi connectivity index (χ4v) is 3.38. The van der Waals surface area contributed by atoms with Crippen molar-refractivity contribution in [1.82, 2.24) is 18.7 Å². The number of aromatic nitrogens is 4. The zero-order chi connectivity index (χ0) is 18.3. The molecule has 1 aromatic carbocycles. The molecule has 3 aromatic rings. The Labute approximate surface area is 149 Å². The van der Waals surface area contributed by atoms with Crippen LogP contribution in [0.15, 0.2) is 39.9 Å². The molecule has 1 aliphatic rings. The Morgan fingerprint density at radius 1 is 1.04 bits per heavy atom. The predicted octanol–water partition coefficient (Wildman–Crippen LogP) is 0.319. The minimum absolute atomic E-state index is 0.236. The number of morpholine rings is 1. The van der Waals surface area contributed by atoms with Gasteiger partial charge in [0.2, 0.25) is 5.95 Å². The van der Waals surface area contributed by atoms with E-state index >= 15 is 0 Å². The lowest BCUT2D eigenvalue weighted by Gasteiger charge is -2.27. The topological polar surface area (TPSA) is 74.3 Å². The number of hydrogen-bond acceptors (Lipinski definition) is 5. The molecule has 0 unspecified atom stereocenters. The molecule has 136 valence electrons. The molecule has 3 heterocycles. The number of imidazole rings is 1. The Morgan fingerprint density at radius 3 is 2.42 bits per heavy atom. The molecular formula is C18H21N5O3. The van der Waals surface area contributed by atoms with Crippen molar-refractivity contribution in [2.75, 3.05) is 31.2 Å². The third-order valence-corrected chi connectivity index (χ3v) is 4.81. The van der Waals surface area contributed by atoms with Gasteiger partial charge in [0, 0.05) is 27.2 Å². The summed E-state index contributed by atoms with van der Waals surface area (Å²) in [6, 6.07) is 9.49. The Bertz CT molecular complexity index is 1060. The largest absolute Gasteiger partial charge is 0.378 e. The second kappa shape index (κ2) is 6.45. The van der Waals surface area contributed by atoms with Crippen LogP contribution in [0.2, 0.25) is 0 Å². The van der Waals surface area contributed by atoms with Crippen LogP contribution in [0, 0.1) is 0 Å². The highest BCUT2D eigenvalue weighted by molar-refractivity contribution is 5.74. The molecule has 0 amide bonds. The van der Waals surface area contributed by atoms with Gasteiger partial charge in [0.1, 0.15) is 0 Å². The van der Waals surface area contributed by atoms with Crippen molar-refractivity contribution < 1.29 is 4.74 Å². The molecule has 4 rings (SSSR count). The first-order valence-electron chi connectivity index (χ1n) is 8.61. The van der Waals surface area contributed by atoms with E-state index in [0.29, 0.717) is 43.4 Å². The molecule has 1 saturated heterocycles. The summed E-state index contributed by atoms with van der Waals surface area (Å²) in [5.41, 5.74) is 1.07. The molecule has 8 heteroatoms. The van der Waals surface area contributed by atoms with Crippen LogP contribution >= 0.6 is 0 Å². The number of nitrogens with zero attached hydrogens (tertiary/aromatic N) is 5. The van der Waals surface area contributed by atoms with E-state index in [-0.39, 0.29) is 17.8 Å². The highest BCUT2D eigenvalue weighted by Crippen LogP contribution is 2.18. The maximum absolute atomic E-state index is 13.1. The minimum atomic E-state index is -0.363. The van der Waals surface area contributed by atoms with Crippen molar-refractivity contribution >= 4 is 17.1 Å². The summed E-state index contributed by atoms with van der Waals surface area (Å²) < 4.78 is 9.88. The summed E-state index contributed by atoms with van der Waals surface area (Å²) in [4.78, 5) is 32.5. The van der Waals surface area contributed by atoms with E-state index in [1.54, 1.807) is 11.6 Å². The van der Waals surface area contributed by atoms with Gasteiger partial charge in [0.25, 0.3) is 5.56 Å². The zero-order valence-electron chi connectivity index (χ0n) is 14.9. The molecule has 0 spiro atoms. The van der Waals surface area contributed by atoms with Crippen LogP contribution in [0.4, 0.5) is 5.95 Å². The van der Waals surface area contributed by atoms with Crippen molar-refractivity contribution in [1.29, 1.82) is 0 Å². The summed E-state index contributed by atoms with van der Waals surface area (Å²) in [7, 11) is 3.47. The summed E-state index contributed by atoms with van der Waals surface area (Å²) >= 11 is 0. The molecule has 26 heavy (non-hydrogen) atoms. The second-order valence-electron chi connectivity index (χ2n) is 6.46. The SMILES string of the molecule is Cn1c(N2CCOCC2)nc2c1c(=O)n(Cc1ccccc1)c(=O)n2C. The molecular weight excluding hydrogens is 334 g/mol. The average molecular weight is 355 g/mol. The predicted molar refractivity (Wildman–Crippen MR) is 98.8 cm³/mol. The van der Waals surface area contributed by atoms with Gasteiger partial charge in [-0.25, -0.2) is 4.79 Å². The van der Waals surface area contributed by atoms with E-state index in [0.717, 1.165) is 5.56 Å². The summed E-state index contributed by atoms with van der Waals surface area (Å²) in [6.07, 6.45) is 0. The van der Waals surface area contributed by atoms with Crippen LogP contribution in [0.25, 0.3) is 11.2 Å². The summed E-state index contributed by atoms with van der Waals surface area (Å²) in [5.74, 6) is 0.688. The first kappa shape index (κ1) is 16.6. The first-order chi connectivity index (χ1) is 12.6. The first-order valence-corrected chi connectivity index (χ1v) is 8.61. The quantitative estimate of drug-likeness (QED) is 0.676. The van der Waals surface area contributed by atoms with Gasteiger partial charge >= 0.3 is 5.69 Å². The van der Waals surface area contributed by atoms with E-state index in [9.17, 15) is 9.59 Å². The second-order valence-corrected chi connectivity index (χ2v) is 6.46. The molecule has 2 aromatic heterocycles. The third-order valence-electron chi connectivity index (χ3n) is 4.81. The van der Waals surface area contributed by atoms with Crippen LogP contribution in [0.5, 0.6) is 0 Å². The monoisotopic (exact) mass is 355 g/mol. The maximum atomic E-state index is 13.1. The van der Waals surface area contributed by atoms with Crippen LogP contribution < -0.4 is 16.1 Å². The maximum Gasteiger partial charge on any atom is 0.332 e. The fourth-order valence-electron chi connectivity index (χ4n) is 3.38.